The third-order valence-corrected chi connectivity index (χ3v) is 1.46. The summed E-state index contributed by atoms with van der Waals surface area (Å²) in [7, 11) is 0. The Balaban J connectivity index is 3.09. The van der Waals surface area contributed by atoms with E-state index in [1.165, 1.54) is 0 Å². The zero-order valence-corrected chi connectivity index (χ0v) is 6.57. The Kier molecular flexibility index (Phi) is 2.57. The van der Waals surface area contributed by atoms with Gasteiger partial charge in [0.2, 0.25) is 5.28 Å². The second kappa shape index (κ2) is 3.28. The van der Waals surface area contributed by atoms with Crippen molar-refractivity contribution in [1.82, 2.24) is 9.97 Å². The molecule has 0 saturated heterocycles. The van der Waals surface area contributed by atoms with Crippen molar-refractivity contribution in [3.05, 3.63) is 22.2 Å². The van der Waals surface area contributed by atoms with Gasteiger partial charge in [-0.1, -0.05) is 11.6 Å². The lowest BCUT2D eigenvalue weighted by Gasteiger charge is -1.99. The second-order valence-corrected chi connectivity index (χ2v) is 2.38. The summed E-state index contributed by atoms with van der Waals surface area (Å²) in [4.78, 5) is 6.69. The summed E-state index contributed by atoms with van der Waals surface area (Å²) in [6.07, 6.45) is -1.76. The fourth-order valence-electron chi connectivity index (χ4n) is 0.497. The molecule has 0 aliphatic carbocycles. The summed E-state index contributed by atoms with van der Waals surface area (Å²) < 4.78 is 23.9. The van der Waals surface area contributed by atoms with E-state index in [0.29, 0.717) is 0 Å². The normalized spacial score (nSPS) is 10.6. The van der Waals surface area contributed by atoms with Crippen LogP contribution in [0.5, 0.6) is 0 Å². The predicted molar refractivity (Wildman–Crippen MR) is 37.0 cm³/mol. The maximum absolute atomic E-state index is 12.0. The lowest BCUT2D eigenvalue weighted by molar-refractivity contribution is 0.150. The van der Waals surface area contributed by atoms with Gasteiger partial charge in [-0.3, -0.25) is 0 Å². The molecule has 0 aliphatic heterocycles. The van der Waals surface area contributed by atoms with Crippen LogP contribution in [0.15, 0.2) is 6.20 Å². The lowest BCUT2D eigenvalue weighted by atomic mass is 10.4. The molecular weight excluding hydrogens is 197 g/mol. The van der Waals surface area contributed by atoms with Gasteiger partial charge in [0.05, 0.1) is 5.56 Å². The summed E-state index contributed by atoms with van der Waals surface area (Å²) >= 11 is 10.6. The van der Waals surface area contributed by atoms with Crippen LogP contribution in [-0.2, 0) is 0 Å². The molecule has 0 bridgehead atoms. The number of hydrogen-bond donors (Lipinski definition) is 0. The van der Waals surface area contributed by atoms with Crippen molar-refractivity contribution in [3.8, 4) is 0 Å². The zero-order valence-electron chi connectivity index (χ0n) is 5.06. The molecule has 11 heavy (non-hydrogen) atoms. The van der Waals surface area contributed by atoms with E-state index < -0.39 is 12.0 Å². The highest BCUT2D eigenvalue weighted by Gasteiger charge is 2.13. The van der Waals surface area contributed by atoms with E-state index in [1.54, 1.807) is 0 Å². The highest BCUT2D eigenvalue weighted by atomic mass is 35.5. The molecule has 1 aromatic heterocycles. The standard InChI is InChI=1S/C5H2Cl2F2N2/c6-3-2(4(8)9)1-10-5(7)11-3/h1,4H. The highest BCUT2D eigenvalue weighted by molar-refractivity contribution is 6.32. The van der Waals surface area contributed by atoms with Crippen molar-refractivity contribution < 1.29 is 8.78 Å². The number of aromatic nitrogens is 2. The minimum Gasteiger partial charge on any atom is -0.226 e. The van der Waals surface area contributed by atoms with Crippen LogP contribution in [-0.4, -0.2) is 9.97 Å². The first-order chi connectivity index (χ1) is 5.11. The minimum absolute atomic E-state index is 0.139. The Morgan fingerprint density at radius 2 is 2.00 bits per heavy atom. The SMILES string of the molecule is FC(F)c1cnc(Cl)nc1Cl. The van der Waals surface area contributed by atoms with Gasteiger partial charge in [-0.15, -0.1) is 0 Å². The third-order valence-electron chi connectivity index (χ3n) is 0.974. The van der Waals surface area contributed by atoms with Gasteiger partial charge >= 0.3 is 0 Å². The Hall–Kier alpha value is -0.480. The van der Waals surface area contributed by atoms with E-state index in [4.69, 9.17) is 23.2 Å². The molecule has 0 amide bonds. The number of nitrogens with zero attached hydrogens (tertiary/aromatic N) is 2. The third kappa shape index (κ3) is 1.97. The summed E-state index contributed by atoms with van der Waals surface area (Å²) in [5.74, 6) is 0. The quantitative estimate of drug-likeness (QED) is 0.513. The van der Waals surface area contributed by atoms with Crippen molar-refractivity contribution in [2.75, 3.05) is 0 Å². The van der Waals surface area contributed by atoms with Crippen molar-refractivity contribution in [1.29, 1.82) is 0 Å². The van der Waals surface area contributed by atoms with Crippen LogP contribution in [0.3, 0.4) is 0 Å². The van der Waals surface area contributed by atoms with Crippen LogP contribution in [0.1, 0.15) is 12.0 Å². The summed E-state index contributed by atoms with van der Waals surface area (Å²) in [5.41, 5.74) is -0.406. The number of hydrogen-bond acceptors (Lipinski definition) is 2. The fraction of sp³-hybridized carbons (Fsp3) is 0.200. The van der Waals surface area contributed by atoms with E-state index in [0.717, 1.165) is 6.20 Å². The largest absolute Gasteiger partial charge is 0.268 e. The van der Waals surface area contributed by atoms with E-state index >= 15 is 0 Å². The Morgan fingerprint density at radius 3 is 2.45 bits per heavy atom. The number of halogens is 4. The van der Waals surface area contributed by atoms with Gasteiger partial charge < -0.3 is 0 Å². The van der Waals surface area contributed by atoms with Crippen LogP contribution in [0.2, 0.25) is 10.4 Å². The first-order valence-electron chi connectivity index (χ1n) is 2.57. The average molecular weight is 199 g/mol. The average Bonchev–Trinajstić information content (AvgIpc) is 1.85. The van der Waals surface area contributed by atoms with E-state index in [1.807, 2.05) is 0 Å². The molecule has 0 unspecified atom stereocenters. The molecule has 0 aliphatic rings. The molecule has 0 atom stereocenters. The van der Waals surface area contributed by atoms with Gasteiger partial charge in [0.1, 0.15) is 5.15 Å². The number of alkyl halides is 2. The zero-order chi connectivity index (χ0) is 8.43. The van der Waals surface area contributed by atoms with E-state index in [-0.39, 0.29) is 10.4 Å². The molecule has 0 N–H and O–H groups in total. The second-order valence-electron chi connectivity index (χ2n) is 1.69. The number of rotatable bonds is 1. The predicted octanol–water partition coefficient (Wildman–Crippen LogP) is 2.72. The monoisotopic (exact) mass is 198 g/mol. The van der Waals surface area contributed by atoms with Crippen LogP contribution < -0.4 is 0 Å². The Morgan fingerprint density at radius 1 is 1.36 bits per heavy atom. The minimum atomic E-state index is -2.67. The molecular formula is C5H2Cl2F2N2. The van der Waals surface area contributed by atoms with Gasteiger partial charge in [0, 0.05) is 6.20 Å². The first-order valence-corrected chi connectivity index (χ1v) is 3.33. The lowest BCUT2D eigenvalue weighted by Crippen LogP contribution is -1.91. The topological polar surface area (TPSA) is 25.8 Å². The van der Waals surface area contributed by atoms with Gasteiger partial charge in [-0.05, 0) is 11.6 Å². The van der Waals surface area contributed by atoms with Crippen molar-refractivity contribution >= 4 is 23.2 Å². The Labute approximate surface area is 71.2 Å². The van der Waals surface area contributed by atoms with Crippen LogP contribution in [0, 0.1) is 0 Å². The molecule has 2 nitrogen and oxygen atoms in total. The summed E-state index contributed by atoms with van der Waals surface area (Å²) in [6, 6.07) is 0. The van der Waals surface area contributed by atoms with Crippen molar-refractivity contribution in [3.63, 3.8) is 0 Å². The van der Waals surface area contributed by atoms with Crippen molar-refractivity contribution in [2.24, 2.45) is 0 Å². The molecule has 1 rings (SSSR count). The Bertz CT molecular complexity index is 267. The highest BCUT2D eigenvalue weighted by Crippen LogP contribution is 2.24. The van der Waals surface area contributed by atoms with Gasteiger partial charge in [0.25, 0.3) is 6.43 Å². The summed E-state index contributed by atoms with van der Waals surface area (Å²) in [6.45, 7) is 0. The van der Waals surface area contributed by atoms with E-state index in [9.17, 15) is 8.78 Å². The molecule has 0 saturated carbocycles. The smallest absolute Gasteiger partial charge is 0.226 e. The maximum atomic E-state index is 12.0. The molecule has 6 heteroatoms. The van der Waals surface area contributed by atoms with Gasteiger partial charge in [0.15, 0.2) is 0 Å². The maximum Gasteiger partial charge on any atom is 0.268 e. The van der Waals surface area contributed by atoms with E-state index in [2.05, 4.69) is 9.97 Å². The van der Waals surface area contributed by atoms with Gasteiger partial charge in [-0.25, -0.2) is 18.7 Å². The van der Waals surface area contributed by atoms with Crippen LogP contribution in [0.4, 0.5) is 8.78 Å². The summed E-state index contributed by atoms with van der Waals surface area (Å²) in [5, 5.41) is -0.445. The van der Waals surface area contributed by atoms with Crippen LogP contribution in [0.25, 0.3) is 0 Å². The molecule has 0 fully saturated rings. The molecule has 60 valence electrons. The van der Waals surface area contributed by atoms with Crippen molar-refractivity contribution in [2.45, 2.75) is 6.43 Å². The molecule has 0 aromatic carbocycles. The van der Waals surface area contributed by atoms with Crippen LogP contribution >= 0.6 is 23.2 Å². The molecule has 0 spiro atoms. The fourth-order valence-corrected chi connectivity index (χ4v) is 0.885. The molecule has 1 aromatic rings. The van der Waals surface area contributed by atoms with Gasteiger partial charge in [-0.2, -0.15) is 0 Å². The molecule has 1 heterocycles. The molecule has 0 radical (unpaired) electrons. The first kappa shape index (κ1) is 8.62.